The van der Waals surface area contributed by atoms with Crippen molar-refractivity contribution in [2.75, 3.05) is 12.8 Å². The van der Waals surface area contributed by atoms with Crippen molar-refractivity contribution in [2.45, 2.75) is 39.8 Å². The van der Waals surface area contributed by atoms with E-state index in [1.54, 1.807) is 19.1 Å². The van der Waals surface area contributed by atoms with Gasteiger partial charge in [0.2, 0.25) is 0 Å². The second-order valence-electron chi connectivity index (χ2n) is 4.66. The summed E-state index contributed by atoms with van der Waals surface area (Å²) in [4.78, 5) is 15.1. The number of halogens is 3. The van der Waals surface area contributed by atoms with Gasteiger partial charge in [0.1, 0.15) is 15.8 Å². The second-order valence-corrected chi connectivity index (χ2v) is 7.02. The molecule has 1 amide bonds. The van der Waals surface area contributed by atoms with Crippen molar-refractivity contribution in [1.82, 2.24) is 4.31 Å². The van der Waals surface area contributed by atoms with Gasteiger partial charge in [-0.05, 0) is 25.8 Å². The zero-order valence-corrected chi connectivity index (χ0v) is 14.5. The number of amides is 1. The van der Waals surface area contributed by atoms with E-state index in [0.717, 1.165) is 10.7 Å². The van der Waals surface area contributed by atoms with Gasteiger partial charge >= 0.3 is 12.1 Å². The Labute approximate surface area is 135 Å². The minimum atomic E-state index is -5.16. The van der Waals surface area contributed by atoms with Gasteiger partial charge in [0, 0.05) is 7.05 Å². The molecule has 0 saturated carbocycles. The lowest BCUT2D eigenvalue weighted by Gasteiger charge is -2.23. The van der Waals surface area contributed by atoms with Crippen LogP contribution in [0.25, 0.3) is 0 Å². The number of alkyl halides is 3. The number of hydrogen-bond acceptors (Lipinski definition) is 3. The van der Waals surface area contributed by atoms with Crippen LogP contribution in [0.5, 0.6) is 0 Å². The maximum atomic E-state index is 12.7. The number of hydrogen-bond donors (Lipinski definition) is 0. The highest BCUT2D eigenvalue weighted by molar-refractivity contribution is 7.92. The van der Waals surface area contributed by atoms with Gasteiger partial charge in [0.05, 0.1) is 11.4 Å². The van der Waals surface area contributed by atoms with Crippen LogP contribution in [-0.4, -0.2) is 39.2 Å². The molecule has 1 atom stereocenters. The zero-order chi connectivity index (χ0) is 18.3. The predicted molar refractivity (Wildman–Crippen MR) is 86.2 cm³/mol. The summed E-state index contributed by atoms with van der Waals surface area (Å²) in [6.45, 7) is 8.69. The molecule has 0 bridgehead atoms. The van der Waals surface area contributed by atoms with E-state index in [2.05, 4.69) is 15.9 Å². The maximum Gasteiger partial charge on any atom is 0.474 e. The Morgan fingerprint density at radius 2 is 1.91 bits per heavy atom. The molecule has 0 spiro atoms. The number of carbonyl (C=O) groups excluding carboxylic acids is 1. The molecule has 132 valence electrons. The van der Waals surface area contributed by atoms with Crippen LogP contribution in [-0.2, 0) is 14.7 Å². The molecular formula is C14H22F3N3O2S. The van der Waals surface area contributed by atoms with Gasteiger partial charge < -0.3 is 0 Å². The Morgan fingerprint density at radius 3 is 2.35 bits per heavy atom. The van der Waals surface area contributed by atoms with Gasteiger partial charge in [-0.3, -0.25) is 9.10 Å². The number of carbonyl (C=O) groups is 1. The lowest BCUT2D eigenvalue weighted by Crippen LogP contribution is -2.35. The molecule has 0 aromatic heterocycles. The molecule has 5 nitrogen and oxygen atoms in total. The molecule has 0 saturated heterocycles. The summed E-state index contributed by atoms with van der Waals surface area (Å²) in [6.07, 6.45) is -0.653. The third kappa shape index (κ3) is 6.98. The zero-order valence-electron chi connectivity index (χ0n) is 13.7. The Hall–Kier alpha value is -1.64. The van der Waals surface area contributed by atoms with E-state index in [-0.39, 0.29) is 11.6 Å². The van der Waals surface area contributed by atoms with Crippen LogP contribution >= 0.6 is 0 Å². The molecule has 0 aromatic rings. The van der Waals surface area contributed by atoms with Crippen molar-refractivity contribution >= 4 is 21.7 Å². The Balaban J connectivity index is 5.70. The van der Waals surface area contributed by atoms with Crippen LogP contribution in [0, 0.1) is 0 Å². The second kappa shape index (κ2) is 8.85. The van der Waals surface area contributed by atoms with Gasteiger partial charge in [-0.25, -0.2) is 9.20 Å². The van der Waals surface area contributed by atoms with Crippen molar-refractivity contribution in [3.05, 3.63) is 24.4 Å². The van der Waals surface area contributed by atoms with Crippen LogP contribution in [0.1, 0.15) is 33.6 Å². The fourth-order valence-electron chi connectivity index (χ4n) is 1.47. The monoisotopic (exact) mass is 353 g/mol. The summed E-state index contributed by atoms with van der Waals surface area (Å²) in [5, 5.41) is 0. The topological polar surface area (TPSA) is 62.1 Å². The third-order valence-electron chi connectivity index (χ3n) is 2.67. The van der Waals surface area contributed by atoms with E-state index >= 15 is 0 Å². The smallest absolute Gasteiger partial charge is 0.276 e. The molecule has 0 aromatic carbocycles. The highest BCUT2D eigenvalue weighted by atomic mass is 32.2. The molecule has 0 rings (SSSR count). The van der Waals surface area contributed by atoms with Crippen LogP contribution in [0.4, 0.5) is 13.2 Å². The molecule has 0 heterocycles. The molecule has 0 aliphatic carbocycles. The molecule has 0 fully saturated rings. The molecule has 0 aliphatic rings. The SMILES string of the molecule is C=C(/C=C\CC)/N=C(/C)N(C)S(=O)(CCC)=NC(=O)C(F)(F)F. The van der Waals surface area contributed by atoms with Gasteiger partial charge in [0.25, 0.3) is 0 Å². The average Bonchev–Trinajstić information content (AvgIpc) is 2.43. The predicted octanol–water partition coefficient (Wildman–Crippen LogP) is 3.70. The van der Waals surface area contributed by atoms with Crippen LogP contribution in [0.3, 0.4) is 0 Å². The van der Waals surface area contributed by atoms with Gasteiger partial charge in [0.15, 0.2) is 0 Å². The van der Waals surface area contributed by atoms with E-state index in [1.165, 1.54) is 14.0 Å². The maximum absolute atomic E-state index is 12.7. The number of rotatable bonds is 6. The van der Waals surface area contributed by atoms with Crippen LogP contribution < -0.4 is 0 Å². The number of allylic oxidation sites excluding steroid dienone is 2. The lowest BCUT2D eigenvalue weighted by molar-refractivity contribution is -0.169. The van der Waals surface area contributed by atoms with Gasteiger partial charge in [-0.2, -0.15) is 13.2 Å². The molecule has 0 N–H and O–H groups in total. The summed E-state index contributed by atoms with van der Waals surface area (Å²) >= 11 is 0. The van der Waals surface area contributed by atoms with Crippen molar-refractivity contribution in [3.63, 3.8) is 0 Å². The number of nitrogens with zero attached hydrogens (tertiary/aromatic N) is 3. The summed E-state index contributed by atoms with van der Waals surface area (Å²) in [5.74, 6) is -2.39. The summed E-state index contributed by atoms with van der Waals surface area (Å²) in [6, 6.07) is 0. The highest BCUT2D eigenvalue weighted by Gasteiger charge is 2.40. The van der Waals surface area contributed by atoms with Gasteiger partial charge in [-0.15, -0.1) is 4.36 Å². The Kier molecular flexibility index (Phi) is 8.22. The average molecular weight is 353 g/mol. The van der Waals surface area contributed by atoms with Crippen molar-refractivity contribution < 1.29 is 22.2 Å². The number of amidine groups is 1. The first kappa shape index (κ1) is 21.4. The molecule has 9 heteroatoms. The minimum absolute atomic E-state index is 0.160. The van der Waals surface area contributed by atoms with E-state index < -0.39 is 22.0 Å². The van der Waals surface area contributed by atoms with Crippen molar-refractivity contribution in [1.29, 1.82) is 0 Å². The van der Waals surface area contributed by atoms with Crippen LogP contribution in [0.15, 0.2) is 33.8 Å². The highest BCUT2D eigenvalue weighted by Crippen LogP contribution is 2.19. The minimum Gasteiger partial charge on any atom is -0.276 e. The van der Waals surface area contributed by atoms with E-state index in [1.807, 2.05) is 6.92 Å². The quantitative estimate of drug-likeness (QED) is 0.415. The standard InChI is InChI=1S/C14H22F3N3O2S/c1-6-8-9-11(3)18-12(4)20(5)23(22,10-7-2)19-13(21)14(15,16)17/h8-9H,3,6-7,10H2,1-2,4-5H3/b9-8-,18-12-. The first-order valence-corrected chi connectivity index (χ1v) is 8.62. The van der Waals surface area contributed by atoms with E-state index in [9.17, 15) is 22.2 Å². The summed E-state index contributed by atoms with van der Waals surface area (Å²) in [5.41, 5.74) is 0.358. The Bertz CT molecular complexity index is 615. The molecular weight excluding hydrogens is 331 g/mol. The van der Waals surface area contributed by atoms with Crippen molar-refractivity contribution in [3.8, 4) is 0 Å². The van der Waals surface area contributed by atoms with Crippen LogP contribution in [0.2, 0.25) is 0 Å². The molecule has 23 heavy (non-hydrogen) atoms. The first-order chi connectivity index (χ1) is 10.5. The fourth-order valence-corrected chi connectivity index (χ4v) is 3.30. The fraction of sp³-hybridized carbons (Fsp3) is 0.571. The third-order valence-corrected chi connectivity index (χ3v) is 5.18. The lowest BCUT2D eigenvalue weighted by atomic mass is 10.3. The first-order valence-electron chi connectivity index (χ1n) is 6.98. The van der Waals surface area contributed by atoms with Gasteiger partial charge in [-0.1, -0.05) is 26.5 Å². The largest absolute Gasteiger partial charge is 0.474 e. The van der Waals surface area contributed by atoms with E-state index in [4.69, 9.17) is 0 Å². The summed E-state index contributed by atoms with van der Waals surface area (Å²) < 4.78 is 53.8. The molecule has 0 radical (unpaired) electrons. The molecule has 0 aliphatic heterocycles. The normalized spacial score (nSPS) is 15.3. The Morgan fingerprint density at radius 1 is 1.35 bits per heavy atom. The summed E-state index contributed by atoms with van der Waals surface area (Å²) in [7, 11) is -2.28. The molecule has 1 unspecified atom stereocenters. The van der Waals surface area contributed by atoms with E-state index in [0.29, 0.717) is 12.1 Å². The number of aliphatic imine (C=N–C) groups is 1. The van der Waals surface area contributed by atoms with Crippen molar-refractivity contribution in [2.24, 2.45) is 9.36 Å².